The third kappa shape index (κ3) is 7.45. The van der Waals surface area contributed by atoms with Crippen molar-refractivity contribution in [3.63, 3.8) is 0 Å². The second kappa shape index (κ2) is 11.9. The Labute approximate surface area is 193 Å². The number of amides is 2. The predicted molar refractivity (Wildman–Crippen MR) is 120 cm³/mol. The topological polar surface area (TPSA) is 106 Å². The number of carbonyl (C=O) groups excluding carboxylic acids is 3. The molecular weight excluding hydrogens is 485 g/mol. The number of benzene rings is 2. The first-order valence-corrected chi connectivity index (χ1v) is 10.4. The number of nitrogens with zero attached hydrogens (tertiary/aromatic N) is 1. The van der Waals surface area contributed by atoms with Crippen LogP contribution >= 0.6 is 15.9 Å². The normalized spacial score (nSPS) is 11.8. The number of hydrazone groups is 1. The molecule has 170 valence electrons. The van der Waals surface area contributed by atoms with Crippen LogP contribution in [-0.2, 0) is 14.3 Å². The lowest BCUT2D eigenvalue weighted by Crippen LogP contribution is -2.48. The van der Waals surface area contributed by atoms with Crippen molar-refractivity contribution < 1.29 is 28.2 Å². The summed E-state index contributed by atoms with van der Waals surface area (Å²) in [4.78, 5) is 36.0. The van der Waals surface area contributed by atoms with Crippen LogP contribution in [0, 0.1) is 11.7 Å². The zero-order valence-corrected chi connectivity index (χ0v) is 19.3. The zero-order valence-electron chi connectivity index (χ0n) is 17.7. The van der Waals surface area contributed by atoms with Crippen LogP contribution in [0.15, 0.2) is 52.0 Å². The van der Waals surface area contributed by atoms with Crippen molar-refractivity contribution in [1.29, 1.82) is 0 Å². The average Bonchev–Trinajstić information content (AvgIpc) is 2.76. The monoisotopic (exact) mass is 507 g/mol. The highest BCUT2D eigenvalue weighted by Crippen LogP contribution is 2.25. The fourth-order valence-corrected chi connectivity index (χ4v) is 3.02. The molecule has 0 aromatic heterocycles. The fourth-order valence-electron chi connectivity index (χ4n) is 2.51. The molecule has 0 aliphatic carbocycles. The molecule has 2 amide bonds. The Kier molecular flexibility index (Phi) is 9.33. The molecule has 8 nitrogen and oxygen atoms in total. The van der Waals surface area contributed by atoms with Crippen LogP contribution in [0.2, 0.25) is 0 Å². The molecule has 0 radical (unpaired) electrons. The van der Waals surface area contributed by atoms with Gasteiger partial charge in [0, 0.05) is 5.56 Å². The summed E-state index contributed by atoms with van der Waals surface area (Å²) in [5.74, 6) is -1.71. The van der Waals surface area contributed by atoms with Crippen molar-refractivity contribution in [3.05, 3.63) is 63.9 Å². The molecule has 0 saturated heterocycles. The third-order valence-electron chi connectivity index (χ3n) is 4.26. The summed E-state index contributed by atoms with van der Waals surface area (Å²) in [5.41, 5.74) is 3.30. The summed E-state index contributed by atoms with van der Waals surface area (Å²) >= 11 is 3.34. The second-order valence-corrected chi connectivity index (χ2v) is 7.85. The van der Waals surface area contributed by atoms with E-state index in [2.05, 4.69) is 36.5 Å². The Balaban J connectivity index is 1.97. The maximum Gasteiger partial charge on any atom is 0.343 e. The Morgan fingerprint density at radius 2 is 1.84 bits per heavy atom. The summed E-state index contributed by atoms with van der Waals surface area (Å²) in [6.45, 7) is 3.34. The highest BCUT2D eigenvalue weighted by Gasteiger charge is 2.24. The summed E-state index contributed by atoms with van der Waals surface area (Å²) in [7, 11) is 1.27. The van der Waals surface area contributed by atoms with Crippen molar-refractivity contribution in [2.45, 2.75) is 19.9 Å². The van der Waals surface area contributed by atoms with Gasteiger partial charge in [-0.15, -0.1) is 0 Å². The van der Waals surface area contributed by atoms with Gasteiger partial charge in [0.05, 0.1) is 17.8 Å². The largest absolute Gasteiger partial charge is 0.481 e. The minimum atomic E-state index is -0.842. The van der Waals surface area contributed by atoms with Gasteiger partial charge in [0.1, 0.15) is 17.6 Å². The smallest absolute Gasteiger partial charge is 0.343 e. The first-order valence-electron chi connectivity index (χ1n) is 9.59. The molecule has 2 rings (SSSR count). The average molecular weight is 508 g/mol. The maximum absolute atomic E-state index is 13.0. The molecule has 0 aliphatic heterocycles. The lowest BCUT2D eigenvalue weighted by molar-refractivity contribution is -0.142. The Morgan fingerprint density at radius 1 is 1.16 bits per heavy atom. The van der Waals surface area contributed by atoms with Crippen LogP contribution in [0.3, 0.4) is 0 Å². The van der Waals surface area contributed by atoms with E-state index in [0.29, 0.717) is 15.8 Å². The minimum absolute atomic E-state index is 0.213. The molecule has 0 bridgehead atoms. The Morgan fingerprint density at radius 3 is 2.44 bits per heavy atom. The van der Waals surface area contributed by atoms with E-state index in [1.807, 2.05) is 0 Å². The highest BCUT2D eigenvalue weighted by atomic mass is 79.9. The number of methoxy groups -OCH3 is 1. The van der Waals surface area contributed by atoms with Gasteiger partial charge in [-0.2, -0.15) is 5.10 Å². The molecule has 2 aromatic carbocycles. The molecule has 1 atom stereocenters. The molecule has 32 heavy (non-hydrogen) atoms. The van der Waals surface area contributed by atoms with E-state index in [0.717, 1.165) is 0 Å². The van der Waals surface area contributed by atoms with E-state index in [9.17, 15) is 18.8 Å². The number of halogens is 2. The van der Waals surface area contributed by atoms with Gasteiger partial charge in [-0.1, -0.05) is 13.8 Å². The van der Waals surface area contributed by atoms with E-state index in [4.69, 9.17) is 4.74 Å². The quantitative estimate of drug-likeness (QED) is 0.308. The minimum Gasteiger partial charge on any atom is -0.481 e. The van der Waals surface area contributed by atoms with Crippen molar-refractivity contribution in [2.24, 2.45) is 11.0 Å². The van der Waals surface area contributed by atoms with Crippen LogP contribution < -0.4 is 15.5 Å². The van der Waals surface area contributed by atoms with Gasteiger partial charge in [0.15, 0.2) is 6.61 Å². The molecule has 0 fully saturated rings. The SMILES string of the molecule is COC(=O)COc1ccc(C=NNC(=O)C(NC(=O)c2ccc(F)cc2)C(C)C)cc1Br. The lowest BCUT2D eigenvalue weighted by atomic mass is 10.0. The van der Waals surface area contributed by atoms with E-state index in [1.54, 1.807) is 32.0 Å². The third-order valence-corrected chi connectivity index (χ3v) is 4.88. The summed E-state index contributed by atoms with van der Waals surface area (Å²) < 4.78 is 23.5. The molecule has 0 spiro atoms. The Bertz CT molecular complexity index is 996. The van der Waals surface area contributed by atoms with Gasteiger partial charge in [-0.05, 0) is 69.9 Å². The number of hydrogen-bond acceptors (Lipinski definition) is 6. The Hall–Kier alpha value is -3.27. The van der Waals surface area contributed by atoms with Crippen LogP contribution in [-0.4, -0.2) is 43.8 Å². The molecule has 2 aromatic rings. The highest BCUT2D eigenvalue weighted by molar-refractivity contribution is 9.10. The van der Waals surface area contributed by atoms with Crippen molar-refractivity contribution in [1.82, 2.24) is 10.7 Å². The van der Waals surface area contributed by atoms with Crippen LogP contribution in [0.1, 0.15) is 29.8 Å². The lowest BCUT2D eigenvalue weighted by Gasteiger charge is -2.20. The molecule has 10 heteroatoms. The van der Waals surface area contributed by atoms with Gasteiger partial charge in [-0.3, -0.25) is 9.59 Å². The molecule has 0 heterocycles. The summed E-state index contributed by atoms with van der Waals surface area (Å²) in [5, 5.41) is 6.57. The van der Waals surface area contributed by atoms with E-state index in [1.165, 1.54) is 37.6 Å². The summed E-state index contributed by atoms with van der Waals surface area (Å²) in [6, 6.07) is 9.20. The van der Waals surface area contributed by atoms with Crippen molar-refractivity contribution in [2.75, 3.05) is 13.7 Å². The van der Waals surface area contributed by atoms with Gasteiger partial charge in [0.2, 0.25) is 0 Å². The standard InChI is InChI=1S/C22H23BrFN3O5/c1-13(2)20(26-21(29)15-5-7-16(24)8-6-15)22(30)27-25-11-14-4-9-18(17(23)10-14)32-12-19(28)31-3/h4-11,13,20H,12H2,1-3H3,(H,26,29)(H,27,30). The first-order chi connectivity index (χ1) is 15.2. The van der Waals surface area contributed by atoms with Crippen molar-refractivity contribution >= 4 is 39.9 Å². The second-order valence-electron chi connectivity index (χ2n) is 6.99. The van der Waals surface area contributed by atoms with Gasteiger partial charge in [-0.25, -0.2) is 14.6 Å². The number of rotatable bonds is 9. The first kappa shape index (κ1) is 25.0. The fraction of sp³-hybridized carbons (Fsp3) is 0.273. The van der Waals surface area contributed by atoms with Gasteiger partial charge < -0.3 is 14.8 Å². The molecule has 2 N–H and O–H groups in total. The zero-order chi connectivity index (χ0) is 23.7. The van der Waals surface area contributed by atoms with E-state index in [-0.39, 0.29) is 18.1 Å². The maximum atomic E-state index is 13.0. The van der Waals surface area contributed by atoms with Crippen LogP contribution in [0.4, 0.5) is 4.39 Å². The molecule has 0 saturated carbocycles. The van der Waals surface area contributed by atoms with E-state index < -0.39 is 29.6 Å². The number of ether oxygens (including phenoxy) is 2. The molecule has 0 aliphatic rings. The van der Waals surface area contributed by atoms with E-state index >= 15 is 0 Å². The van der Waals surface area contributed by atoms with Gasteiger partial charge in [0.25, 0.3) is 11.8 Å². The van der Waals surface area contributed by atoms with Crippen LogP contribution in [0.5, 0.6) is 5.75 Å². The number of esters is 1. The molecular formula is C22H23BrFN3O5. The van der Waals surface area contributed by atoms with Crippen LogP contribution in [0.25, 0.3) is 0 Å². The summed E-state index contributed by atoms with van der Waals surface area (Å²) in [6.07, 6.45) is 1.42. The van der Waals surface area contributed by atoms with Crippen molar-refractivity contribution in [3.8, 4) is 5.75 Å². The predicted octanol–water partition coefficient (Wildman–Crippen LogP) is 3.04. The van der Waals surface area contributed by atoms with Gasteiger partial charge >= 0.3 is 5.97 Å². The number of nitrogens with one attached hydrogen (secondary N) is 2. The molecule has 1 unspecified atom stereocenters. The number of hydrogen-bond donors (Lipinski definition) is 2. The number of carbonyl (C=O) groups is 3.